The summed E-state index contributed by atoms with van der Waals surface area (Å²) in [5, 5.41) is 11.6. The lowest BCUT2D eigenvalue weighted by Crippen LogP contribution is -2.31. The Morgan fingerprint density at radius 2 is 2.29 bits per heavy atom. The predicted octanol–water partition coefficient (Wildman–Crippen LogP) is 0.646. The second kappa shape index (κ2) is 5.32. The molecule has 1 aliphatic rings. The zero-order valence-corrected chi connectivity index (χ0v) is 8.82. The lowest BCUT2D eigenvalue weighted by Gasteiger charge is -2.16. The van der Waals surface area contributed by atoms with E-state index >= 15 is 0 Å². The summed E-state index contributed by atoms with van der Waals surface area (Å²) in [5.41, 5.74) is 0. The highest BCUT2D eigenvalue weighted by atomic mass is 16.6. The average Bonchev–Trinajstić information content (AvgIpc) is 2.47. The molecule has 0 aromatic carbocycles. The van der Waals surface area contributed by atoms with Crippen LogP contribution >= 0.6 is 0 Å². The van der Waals surface area contributed by atoms with Crippen molar-refractivity contribution in [1.29, 1.82) is 0 Å². The first-order valence-electron chi connectivity index (χ1n) is 5.17. The highest BCUT2D eigenvalue weighted by Gasteiger charge is 2.33. The molecule has 0 radical (unpaired) electrons. The molecule has 1 rings (SSSR count). The Morgan fingerprint density at radius 3 is 2.79 bits per heavy atom. The van der Waals surface area contributed by atoms with Crippen LogP contribution in [0.4, 0.5) is 0 Å². The Kier molecular flexibility index (Phi) is 4.35. The fraction of sp³-hybridized carbons (Fsp3) is 0.900. The van der Waals surface area contributed by atoms with Crippen LogP contribution in [0.2, 0.25) is 0 Å². The Labute approximate surface area is 84.6 Å². The molecular formula is C10H19NO3. The van der Waals surface area contributed by atoms with Crippen molar-refractivity contribution in [3.05, 3.63) is 0 Å². The number of rotatable bonds is 4. The third-order valence-electron chi connectivity index (χ3n) is 2.85. The summed E-state index contributed by atoms with van der Waals surface area (Å²) in [6.45, 7) is 3.41. The minimum atomic E-state index is -0.228. The maximum atomic E-state index is 10.9. The SMILES string of the molecule is CC[C@@H]1C[C@H](NC(C)=O)C[C@@H]1OCO. The van der Waals surface area contributed by atoms with Gasteiger partial charge >= 0.3 is 0 Å². The molecule has 0 aromatic rings. The largest absolute Gasteiger partial charge is 0.371 e. The van der Waals surface area contributed by atoms with Gasteiger partial charge in [0.15, 0.2) is 0 Å². The van der Waals surface area contributed by atoms with Crippen molar-refractivity contribution in [3.63, 3.8) is 0 Å². The zero-order valence-electron chi connectivity index (χ0n) is 8.82. The van der Waals surface area contributed by atoms with E-state index in [1.165, 1.54) is 6.92 Å². The molecular weight excluding hydrogens is 182 g/mol. The number of carbonyl (C=O) groups excluding carboxylic acids is 1. The molecule has 4 heteroatoms. The van der Waals surface area contributed by atoms with Crippen LogP contribution in [0.3, 0.4) is 0 Å². The van der Waals surface area contributed by atoms with E-state index in [4.69, 9.17) is 9.84 Å². The van der Waals surface area contributed by atoms with Crippen LogP contribution in [-0.2, 0) is 9.53 Å². The Morgan fingerprint density at radius 1 is 1.57 bits per heavy atom. The predicted molar refractivity (Wildman–Crippen MR) is 52.6 cm³/mol. The molecule has 82 valence electrons. The summed E-state index contributed by atoms with van der Waals surface area (Å²) in [5.74, 6) is 0.466. The van der Waals surface area contributed by atoms with Gasteiger partial charge < -0.3 is 15.2 Å². The van der Waals surface area contributed by atoms with Gasteiger partial charge in [0.05, 0.1) is 6.10 Å². The minimum absolute atomic E-state index is 0.00880. The summed E-state index contributed by atoms with van der Waals surface area (Å²) < 4.78 is 5.22. The maximum Gasteiger partial charge on any atom is 0.217 e. The first-order valence-corrected chi connectivity index (χ1v) is 5.17. The molecule has 1 amide bonds. The van der Waals surface area contributed by atoms with Gasteiger partial charge in [0, 0.05) is 13.0 Å². The van der Waals surface area contributed by atoms with Crippen molar-refractivity contribution in [3.8, 4) is 0 Å². The summed E-state index contributed by atoms with van der Waals surface area (Å²) in [7, 11) is 0. The molecule has 0 aliphatic heterocycles. The van der Waals surface area contributed by atoms with E-state index in [1.807, 2.05) is 0 Å². The van der Waals surface area contributed by atoms with Crippen LogP contribution in [0.25, 0.3) is 0 Å². The molecule has 0 saturated heterocycles. The molecule has 14 heavy (non-hydrogen) atoms. The lowest BCUT2D eigenvalue weighted by atomic mass is 10.0. The van der Waals surface area contributed by atoms with Crippen molar-refractivity contribution in [1.82, 2.24) is 5.32 Å². The van der Waals surface area contributed by atoms with Crippen LogP contribution in [0.5, 0.6) is 0 Å². The summed E-state index contributed by atoms with van der Waals surface area (Å²) >= 11 is 0. The first-order chi connectivity index (χ1) is 6.67. The molecule has 1 saturated carbocycles. The Balaban J connectivity index is 2.43. The molecule has 4 nitrogen and oxygen atoms in total. The monoisotopic (exact) mass is 201 g/mol. The smallest absolute Gasteiger partial charge is 0.217 e. The van der Waals surface area contributed by atoms with E-state index < -0.39 is 0 Å². The number of aliphatic hydroxyl groups is 1. The molecule has 3 atom stereocenters. The van der Waals surface area contributed by atoms with Crippen molar-refractivity contribution >= 4 is 5.91 Å². The standard InChI is InChI=1S/C10H19NO3/c1-3-8-4-9(11-7(2)13)5-10(8)14-6-12/h8-10,12H,3-6H2,1-2H3,(H,11,13)/t8-,9+,10+/m1/s1. The van der Waals surface area contributed by atoms with Crippen LogP contribution < -0.4 is 5.32 Å². The van der Waals surface area contributed by atoms with Crippen LogP contribution in [0, 0.1) is 5.92 Å². The van der Waals surface area contributed by atoms with Gasteiger partial charge in [-0.3, -0.25) is 4.79 Å². The van der Waals surface area contributed by atoms with Gasteiger partial charge in [-0.25, -0.2) is 0 Å². The third-order valence-corrected chi connectivity index (χ3v) is 2.85. The van der Waals surface area contributed by atoms with E-state index in [0.717, 1.165) is 19.3 Å². The number of hydrogen-bond donors (Lipinski definition) is 2. The molecule has 0 bridgehead atoms. The average molecular weight is 201 g/mol. The summed E-state index contributed by atoms with van der Waals surface area (Å²) in [4.78, 5) is 10.9. The van der Waals surface area contributed by atoms with E-state index in [2.05, 4.69) is 12.2 Å². The van der Waals surface area contributed by atoms with Crippen molar-refractivity contribution < 1.29 is 14.6 Å². The quantitative estimate of drug-likeness (QED) is 0.656. The molecule has 0 spiro atoms. The Bertz CT molecular complexity index is 196. The normalized spacial score (nSPS) is 31.8. The van der Waals surface area contributed by atoms with Gasteiger partial charge in [-0.2, -0.15) is 0 Å². The van der Waals surface area contributed by atoms with Gasteiger partial charge in [0.1, 0.15) is 6.79 Å². The molecule has 0 aromatic heterocycles. The van der Waals surface area contributed by atoms with Crippen molar-refractivity contribution in [2.45, 2.75) is 45.3 Å². The van der Waals surface area contributed by atoms with E-state index in [9.17, 15) is 4.79 Å². The molecule has 1 aliphatic carbocycles. The molecule has 2 N–H and O–H groups in total. The van der Waals surface area contributed by atoms with E-state index in [0.29, 0.717) is 5.92 Å². The number of ether oxygens (including phenoxy) is 1. The first kappa shape index (κ1) is 11.5. The summed E-state index contributed by atoms with van der Waals surface area (Å²) in [6.07, 6.45) is 2.90. The van der Waals surface area contributed by atoms with E-state index in [1.54, 1.807) is 0 Å². The highest BCUT2D eigenvalue weighted by Crippen LogP contribution is 2.30. The zero-order chi connectivity index (χ0) is 10.6. The summed E-state index contributed by atoms with van der Waals surface area (Å²) in [6, 6.07) is 0.217. The second-order valence-electron chi connectivity index (χ2n) is 3.87. The molecule has 0 unspecified atom stereocenters. The van der Waals surface area contributed by atoms with Gasteiger partial charge in [-0.1, -0.05) is 13.3 Å². The second-order valence-corrected chi connectivity index (χ2v) is 3.87. The number of amides is 1. The van der Waals surface area contributed by atoms with Gasteiger partial charge in [0.2, 0.25) is 5.91 Å². The number of aliphatic hydroxyl groups excluding tert-OH is 1. The van der Waals surface area contributed by atoms with Gasteiger partial charge in [-0.15, -0.1) is 0 Å². The van der Waals surface area contributed by atoms with Gasteiger partial charge in [0.25, 0.3) is 0 Å². The Hall–Kier alpha value is -0.610. The molecule has 0 heterocycles. The van der Waals surface area contributed by atoms with Crippen molar-refractivity contribution in [2.75, 3.05) is 6.79 Å². The maximum absolute atomic E-state index is 10.9. The fourth-order valence-electron chi connectivity index (χ4n) is 2.22. The fourth-order valence-corrected chi connectivity index (χ4v) is 2.22. The highest BCUT2D eigenvalue weighted by molar-refractivity contribution is 5.73. The number of carbonyl (C=O) groups is 1. The van der Waals surface area contributed by atoms with Crippen LogP contribution in [0.1, 0.15) is 33.1 Å². The van der Waals surface area contributed by atoms with Crippen LogP contribution in [-0.4, -0.2) is 30.0 Å². The third kappa shape index (κ3) is 2.96. The van der Waals surface area contributed by atoms with E-state index in [-0.39, 0.29) is 24.8 Å². The topological polar surface area (TPSA) is 58.6 Å². The number of nitrogens with one attached hydrogen (secondary N) is 1. The number of hydrogen-bond acceptors (Lipinski definition) is 3. The van der Waals surface area contributed by atoms with Crippen molar-refractivity contribution in [2.24, 2.45) is 5.92 Å². The molecule has 1 fully saturated rings. The minimum Gasteiger partial charge on any atom is -0.371 e. The van der Waals surface area contributed by atoms with Gasteiger partial charge in [-0.05, 0) is 18.8 Å². The van der Waals surface area contributed by atoms with Crippen LogP contribution in [0.15, 0.2) is 0 Å². The lowest BCUT2D eigenvalue weighted by molar-refractivity contribution is -0.119.